The van der Waals surface area contributed by atoms with Crippen molar-refractivity contribution in [3.8, 4) is 0 Å². The second kappa shape index (κ2) is 5.37. The molecule has 0 aliphatic carbocycles. The van der Waals surface area contributed by atoms with Crippen molar-refractivity contribution in [3.63, 3.8) is 0 Å². The van der Waals surface area contributed by atoms with Crippen molar-refractivity contribution in [2.75, 3.05) is 26.2 Å². The average Bonchev–Trinajstić information content (AvgIpc) is 3.05. The van der Waals surface area contributed by atoms with E-state index in [1.165, 1.54) is 6.20 Å². The number of piperidine rings is 1. The number of hydrogen-bond donors (Lipinski definition) is 1. The van der Waals surface area contributed by atoms with E-state index in [2.05, 4.69) is 10.4 Å². The van der Waals surface area contributed by atoms with Crippen molar-refractivity contribution < 1.29 is 8.42 Å². The summed E-state index contributed by atoms with van der Waals surface area (Å²) in [5, 5.41) is 7.59. The first-order valence-electron chi connectivity index (χ1n) is 7.72. The van der Waals surface area contributed by atoms with Crippen molar-refractivity contribution in [1.29, 1.82) is 0 Å². The Morgan fingerprint density at radius 2 is 2.24 bits per heavy atom. The van der Waals surface area contributed by atoms with Gasteiger partial charge in [-0.2, -0.15) is 9.40 Å². The maximum atomic E-state index is 12.9. The van der Waals surface area contributed by atoms with Crippen LogP contribution in [0.1, 0.15) is 31.9 Å². The molecule has 118 valence electrons. The van der Waals surface area contributed by atoms with Gasteiger partial charge in [0, 0.05) is 26.2 Å². The van der Waals surface area contributed by atoms with Crippen LogP contribution < -0.4 is 5.32 Å². The first-order valence-corrected chi connectivity index (χ1v) is 9.16. The van der Waals surface area contributed by atoms with Crippen LogP contribution in [0, 0.1) is 12.3 Å². The summed E-state index contributed by atoms with van der Waals surface area (Å²) in [4.78, 5) is 0.366. The Balaban J connectivity index is 1.84. The molecule has 2 aliphatic heterocycles. The van der Waals surface area contributed by atoms with Gasteiger partial charge in [0.1, 0.15) is 4.90 Å². The highest BCUT2D eigenvalue weighted by Crippen LogP contribution is 2.38. The standard InChI is InChI=1S/C14H24N4O2S/c1-3-18-12(2)13(9-16-18)21(19,20)17-8-6-14(11-17)5-4-7-15-10-14/h9,15H,3-8,10-11H2,1-2H3/t14-/m0/s1. The van der Waals surface area contributed by atoms with E-state index in [9.17, 15) is 8.42 Å². The number of hydrogen-bond acceptors (Lipinski definition) is 4. The molecule has 2 aliphatic rings. The highest BCUT2D eigenvalue weighted by Gasteiger charge is 2.44. The summed E-state index contributed by atoms with van der Waals surface area (Å²) in [6.07, 6.45) is 4.72. The lowest BCUT2D eigenvalue weighted by Gasteiger charge is -2.33. The maximum absolute atomic E-state index is 12.9. The van der Waals surface area contributed by atoms with Crippen LogP contribution in [0.15, 0.2) is 11.1 Å². The van der Waals surface area contributed by atoms with E-state index in [1.807, 2.05) is 13.8 Å². The van der Waals surface area contributed by atoms with Crippen LogP contribution in [0.3, 0.4) is 0 Å². The first-order chi connectivity index (χ1) is 9.98. The molecule has 0 bridgehead atoms. The summed E-state index contributed by atoms with van der Waals surface area (Å²) in [7, 11) is -3.41. The van der Waals surface area contributed by atoms with Gasteiger partial charge in [-0.25, -0.2) is 8.42 Å². The second-order valence-corrected chi connectivity index (χ2v) is 8.19. The number of sulfonamides is 1. The Labute approximate surface area is 126 Å². The Hall–Kier alpha value is -0.920. The van der Waals surface area contributed by atoms with Crippen LogP contribution in [-0.4, -0.2) is 48.7 Å². The molecule has 0 radical (unpaired) electrons. The number of rotatable bonds is 3. The maximum Gasteiger partial charge on any atom is 0.246 e. The minimum atomic E-state index is -3.41. The van der Waals surface area contributed by atoms with Gasteiger partial charge < -0.3 is 5.32 Å². The summed E-state index contributed by atoms with van der Waals surface area (Å²) < 4.78 is 29.1. The molecule has 7 heteroatoms. The Morgan fingerprint density at radius 1 is 1.43 bits per heavy atom. The molecule has 1 spiro atoms. The van der Waals surface area contributed by atoms with Gasteiger partial charge in [-0.1, -0.05) is 0 Å². The SMILES string of the molecule is CCn1ncc(S(=O)(=O)N2CC[C@]3(CCCNC3)C2)c1C. The largest absolute Gasteiger partial charge is 0.316 e. The van der Waals surface area contributed by atoms with Crippen LogP contribution in [0.4, 0.5) is 0 Å². The minimum Gasteiger partial charge on any atom is -0.316 e. The molecule has 2 saturated heterocycles. The smallest absolute Gasteiger partial charge is 0.246 e. The van der Waals surface area contributed by atoms with Gasteiger partial charge in [0.25, 0.3) is 0 Å². The van der Waals surface area contributed by atoms with Crippen molar-refractivity contribution in [1.82, 2.24) is 19.4 Å². The van der Waals surface area contributed by atoms with E-state index >= 15 is 0 Å². The topological polar surface area (TPSA) is 67.2 Å². The molecule has 2 fully saturated rings. The van der Waals surface area contributed by atoms with Gasteiger partial charge in [-0.3, -0.25) is 4.68 Å². The fourth-order valence-corrected chi connectivity index (χ4v) is 5.33. The van der Waals surface area contributed by atoms with Crippen LogP contribution in [0.5, 0.6) is 0 Å². The van der Waals surface area contributed by atoms with Gasteiger partial charge in [0.05, 0.1) is 11.9 Å². The minimum absolute atomic E-state index is 0.139. The van der Waals surface area contributed by atoms with Crippen molar-refractivity contribution in [2.45, 2.75) is 44.6 Å². The van der Waals surface area contributed by atoms with E-state index in [0.717, 1.165) is 38.0 Å². The second-order valence-electron chi connectivity index (χ2n) is 6.28. The van der Waals surface area contributed by atoms with Crippen molar-refractivity contribution >= 4 is 10.0 Å². The summed E-state index contributed by atoms with van der Waals surface area (Å²) >= 11 is 0. The lowest BCUT2D eigenvalue weighted by molar-refractivity contribution is 0.224. The molecule has 0 saturated carbocycles. The average molecular weight is 312 g/mol. The molecule has 0 unspecified atom stereocenters. The van der Waals surface area contributed by atoms with E-state index in [-0.39, 0.29) is 5.41 Å². The van der Waals surface area contributed by atoms with Gasteiger partial charge >= 0.3 is 0 Å². The van der Waals surface area contributed by atoms with Crippen LogP contribution in [0.2, 0.25) is 0 Å². The molecule has 1 N–H and O–H groups in total. The monoisotopic (exact) mass is 312 g/mol. The number of nitrogens with zero attached hydrogens (tertiary/aromatic N) is 3. The Morgan fingerprint density at radius 3 is 2.86 bits per heavy atom. The zero-order valence-electron chi connectivity index (χ0n) is 12.8. The van der Waals surface area contributed by atoms with E-state index < -0.39 is 10.0 Å². The summed E-state index contributed by atoms with van der Waals surface area (Å²) in [5.74, 6) is 0. The summed E-state index contributed by atoms with van der Waals surface area (Å²) in [5.41, 5.74) is 0.875. The molecule has 1 atom stereocenters. The predicted octanol–water partition coefficient (Wildman–Crippen LogP) is 0.976. The highest BCUT2D eigenvalue weighted by molar-refractivity contribution is 7.89. The third kappa shape index (κ3) is 2.51. The van der Waals surface area contributed by atoms with Gasteiger partial charge in [0.2, 0.25) is 10.0 Å². The van der Waals surface area contributed by atoms with Crippen molar-refractivity contribution in [3.05, 3.63) is 11.9 Å². The molecule has 1 aromatic heterocycles. The van der Waals surface area contributed by atoms with Crippen LogP contribution in [-0.2, 0) is 16.6 Å². The lowest BCUT2D eigenvalue weighted by Crippen LogP contribution is -2.42. The van der Waals surface area contributed by atoms with Gasteiger partial charge in [0.15, 0.2) is 0 Å². The molecule has 21 heavy (non-hydrogen) atoms. The number of aryl methyl sites for hydroxylation is 1. The molecular weight excluding hydrogens is 288 g/mol. The van der Waals surface area contributed by atoms with Crippen LogP contribution in [0.25, 0.3) is 0 Å². The number of aromatic nitrogens is 2. The molecule has 6 nitrogen and oxygen atoms in total. The third-order valence-electron chi connectivity index (χ3n) is 4.94. The summed E-state index contributed by atoms with van der Waals surface area (Å²) in [6, 6.07) is 0. The van der Waals surface area contributed by atoms with E-state index in [1.54, 1.807) is 8.99 Å². The van der Waals surface area contributed by atoms with Gasteiger partial charge in [-0.05, 0) is 45.1 Å². The van der Waals surface area contributed by atoms with E-state index in [4.69, 9.17) is 0 Å². The summed E-state index contributed by atoms with van der Waals surface area (Å²) in [6.45, 7) is 7.74. The Kier molecular flexibility index (Phi) is 3.83. The van der Waals surface area contributed by atoms with Gasteiger partial charge in [-0.15, -0.1) is 0 Å². The predicted molar refractivity (Wildman–Crippen MR) is 80.6 cm³/mol. The van der Waals surface area contributed by atoms with Crippen LogP contribution >= 0.6 is 0 Å². The molecule has 0 amide bonds. The molecule has 3 rings (SSSR count). The normalized spacial score (nSPS) is 27.5. The zero-order chi connectivity index (χ0) is 15.1. The van der Waals surface area contributed by atoms with Crippen molar-refractivity contribution in [2.24, 2.45) is 5.41 Å². The molecule has 3 heterocycles. The molecule has 0 aromatic carbocycles. The molecular formula is C14H24N4O2S. The third-order valence-corrected chi connectivity index (χ3v) is 6.89. The highest BCUT2D eigenvalue weighted by atomic mass is 32.2. The fraction of sp³-hybridized carbons (Fsp3) is 0.786. The Bertz CT molecular complexity index is 617. The number of nitrogens with one attached hydrogen (secondary N) is 1. The first kappa shape index (κ1) is 15.0. The quantitative estimate of drug-likeness (QED) is 0.903. The zero-order valence-corrected chi connectivity index (χ0v) is 13.6. The lowest BCUT2D eigenvalue weighted by atomic mass is 9.80. The van der Waals surface area contributed by atoms with E-state index in [0.29, 0.717) is 24.5 Å². The molecule has 1 aromatic rings. The fourth-order valence-electron chi connectivity index (χ4n) is 3.62.